The quantitative estimate of drug-likeness (QED) is 0.507. The smallest absolute Gasteiger partial charge is 0.373 e. The number of carboxylic acid groups (broad SMARTS) is 1. The van der Waals surface area contributed by atoms with Crippen LogP contribution in [0.1, 0.15) is 37.9 Å². The van der Waals surface area contributed by atoms with Crippen molar-refractivity contribution in [3.8, 4) is 5.69 Å². The van der Waals surface area contributed by atoms with Crippen molar-refractivity contribution in [1.82, 2.24) is 4.57 Å². The van der Waals surface area contributed by atoms with Gasteiger partial charge in [0.05, 0.1) is 23.7 Å². The van der Waals surface area contributed by atoms with Crippen LogP contribution in [0.4, 0.5) is 0 Å². The van der Waals surface area contributed by atoms with E-state index in [2.05, 4.69) is 4.99 Å². The first kappa shape index (κ1) is 21.3. The third kappa shape index (κ3) is 5.24. The highest BCUT2D eigenvalue weighted by atomic mass is 16.4. The summed E-state index contributed by atoms with van der Waals surface area (Å²) < 4.78 is 6.95. The molecule has 1 N–H and O–H groups in total. The van der Waals surface area contributed by atoms with E-state index < -0.39 is 5.97 Å². The Morgan fingerprint density at radius 2 is 1.79 bits per heavy atom. The number of carbonyl (C=O) groups is 2. The van der Waals surface area contributed by atoms with E-state index in [1.54, 1.807) is 18.2 Å². The lowest BCUT2D eigenvalue weighted by Gasteiger charge is -2.14. The first-order chi connectivity index (χ1) is 13.9. The molecule has 3 aromatic rings. The molecule has 0 unspecified atom stereocenters. The number of aryl methyl sites for hydroxylation is 2. The summed E-state index contributed by atoms with van der Waals surface area (Å²) in [6.45, 7) is 3.73. The summed E-state index contributed by atoms with van der Waals surface area (Å²) in [5.41, 5.74) is 2.81. The van der Waals surface area contributed by atoms with Crippen LogP contribution in [-0.4, -0.2) is 40.3 Å². The second kappa shape index (κ2) is 9.77. The molecule has 0 radical (unpaired) electrons. The molecule has 8 nitrogen and oxygen atoms in total. The van der Waals surface area contributed by atoms with Crippen LogP contribution in [0.3, 0.4) is 0 Å². The van der Waals surface area contributed by atoms with E-state index in [0.717, 1.165) is 11.4 Å². The first-order valence-electron chi connectivity index (χ1n) is 8.47. The summed E-state index contributed by atoms with van der Waals surface area (Å²) in [7, 11) is 0. The van der Waals surface area contributed by atoms with E-state index in [-0.39, 0.29) is 24.0 Å². The maximum Gasteiger partial charge on any atom is 0.373 e. The van der Waals surface area contributed by atoms with Crippen molar-refractivity contribution in [2.24, 2.45) is 4.99 Å². The van der Waals surface area contributed by atoms with Gasteiger partial charge in [0, 0.05) is 17.0 Å². The highest BCUT2D eigenvalue weighted by Gasteiger charge is 2.17. The van der Waals surface area contributed by atoms with E-state index in [1.807, 2.05) is 30.5 Å². The third-order valence-corrected chi connectivity index (χ3v) is 4.06. The predicted molar refractivity (Wildman–Crippen MR) is 103 cm³/mol. The number of aromatic nitrogens is 1. The zero-order valence-corrected chi connectivity index (χ0v) is 15.8. The van der Waals surface area contributed by atoms with E-state index in [4.69, 9.17) is 14.0 Å². The second-order valence-corrected chi connectivity index (χ2v) is 5.98. The number of ketones is 1. The van der Waals surface area contributed by atoms with Crippen LogP contribution in [0.25, 0.3) is 5.69 Å². The van der Waals surface area contributed by atoms with Crippen LogP contribution in [0.5, 0.6) is 0 Å². The van der Waals surface area contributed by atoms with Gasteiger partial charge in [0.1, 0.15) is 12.3 Å². The zero-order chi connectivity index (χ0) is 21.4. The van der Waals surface area contributed by atoms with Gasteiger partial charge in [-0.2, -0.15) is 9.59 Å². The van der Waals surface area contributed by atoms with Crippen molar-refractivity contribution >= 4 is 24.1 Å². The molecule has 0 spiro atoms. The number of carbonyl (C=O) groups excluding carboxylic acids is 3. The Balaban J connectivity index is 0.000000941. The monoisotopic (exact) mass is 394 g/mol. The average molecular weight is 394 g/mol. The third-order valence-electron chi connectivity index (χ3n) is 4.06. The molecule has 3 rings (SSSR count). The van der Waals surface area contributed by atoms with Crippen molar-refractivity contribution in [1.29, 1.82) is 0 Å². The van der Waals surface area contributed by atoms with Gasteiger partial charge in [0.2, 0.25) is 0 Å². The van der Waals surface area contributed by atoms with E-state index in [9.17, 15) is 14.7 Å². The molecule has 1 aromatic carbocycles. The van der Waals surface area contributed by atoms with Crippen molar-refractivity contribution in [3.05, 3.63) is 77.0 Å². The summed E-state index contributed by atoms with van der Waals surface area (Å²) in [6.07, 6.45) is 3.27. The SMILES string of the molecule is Cc1ccc(C)n1-c1cc(C(=O)CN=Cc2ccco2)ccc1C(=O)O.O=C=O. The topological polar surface area (TPSA) is 119 Å². The fourth-order valence-electron chi connectivity index (χ4n) is 2.79. The Bertz CT molecular complexity index is 1050. The molecule has 29 heavy (non-hydrogen) atoms. The Hall–Kier alpha value is -4.03. The number of hydrogen-bond donors (Lipinski definition) is 1. The molecule has 0 aliphatic carbocycles. The van der Waals surface area contributed by atoms with Gasteiger partial charge in [-0.1, -0.05) is 6.07 Å². The highest BCUT2D eigenvalue weighted by molar-refractivity contribution is 6.01. The number of hydrogen-bond acceptors (Lipinski definition) is 6. The lowest BCUT2D eigenvalue weighted by molar-refractivity contribution is -0.191. The zero-order valence-electron chi connectivity index (χ0n) is 15.8. The molecule has 2 aromatic heterocycles. The van der Waals surface area contributed by atoms with Gasteiger partial charge in [0.15, 0.2) is 5.78 Å². The summed E-state index contributed by atoms with van der Waals surface area (Å²) in [4.78, 5) is 44.4. The fraction of sp³-hybridized carbons (Fsp3) is 0.143. The Morgan fingerprint density at radius 3 is 2.34 bits per heavy atom. The molecule has 0 saturated carbocycles. The Labute approximate surface area is 166 Å². The Kier molecular flexibility index (Phi) is 7.17. The van der Waals surface area contributed by atoms with Crippen molar-refractivity contribution in [2.45, 2.75) is 13.8 Å². The van der Waals surface area contributed by atoms with Gasteiger partial charge < -0.3 is 14.1 Å². The summed E-state index contributed by atoms with van der Waals surface area (Å²) in [5.74, 6) is -0.672. The predicted octanol–water partition coefficient (Wildman–Crippen LogP) is 3.10. The average Bonchev–Trinajstić information content (AvgIpc) is 3.31. The lowest BCUT2D eigenvalue weighted by atomic mass is 10.1. The number of rotatable bonds is 6. The number of benzene rings is 1. The molecule has 2 heterocycles. The minimum absolute atomic E-state index is 0.0454. The molecular weight excluding hydrogens is 376 g/mol. The maximum atomic E-state index is 12.4. The standard InChI is InChI=1S/C20H18N2O4.CO2/c1-13-5-6-14(2)22(13)18-10-15(7-8-17(18)20(24)25)19(23)12-21-11-16-4-3-9-26-16;2-1-3/h3-11H,12H2,1-2H3,(H,24,25);. The van der Waals surface area contributed by atoms with Gasteiger partial charge in [-0.05, 0) is 50.2 Å². The molecule has 148 valence electrons. The van der Waals surface area contributed by atoms with Crippen molar-refractivity contribution in [3.63, 3.8) is 0 Å². The number of carboxylic acids is 1. The number of nitrogens with zero attached hydrogens (tertiary/aromatic N) is 2. The van der Waals surface area contributed by atoms with Gasteiger partial charge in [0.25, 0.3) is 0 Å². The Morgan fingerprint density at radius 1 is 1.14 bits per heavy atom. The van der Waals surface area contributed by atoms with Crippen LogP contribution in [-0.2, 0) is 9.59 Å². The number of aliphatic imine (C=N–C) groups is 1. The normalized spacial score (nSPS) is 10.3. The van der Waals surface area contributed by atoms with E-state index in [1.165, 1.54) is 24.6 Å². The molecule has 8 heteroatoms. The first-order valence-corrected chi connectivity index (χ1v) is 8.47. The minimum atomic E-state index is -1.04. The second-order valence-electron chi connectivity index (χ2n) is 5.98. The van der Waals surface area contributed by atoms with Crippen LogP contribution < -0.4 is 0 Å². The van der Waals surface area contributed by atoms with Gasteiger partial charge in [-0.15, -0.1) is 0 Å². The summed E-state index contributed by atoms with van der Waals surface area (Å²) in [5, 5.41) is 9.49. The van der Waals surface area contributed by atoms with Crippen LogP contribution in [0.2, 0.25) is 0 Å². The van der Waals surface area contributed by atoms with Gasteiger partial charge >= 0.3 is 12.1 Å². The van der Waals surface area contributed by atoms with Crippen molar-refractivity contribution < 1.29 is 28.7 Å². The van der Waals surface area contributed by atoms with Crippen LogP contribution >= 0.6 is 0 Å². The fourth-order valence-corrected chi connectivity index (χ4v) is 2.79. The van der Waals surface area contributed by atoms with Crippen LogP contribution in [0.15, 0.2) is 58.1 Å². The van der Waals surface area contributed by atoms with Gasteiger partial charge in [-0.25, -0.2) is 4.79 Å². The summed E-state index contributed by atoms with van der Waals surface area (Å²) in [6, 6.07) is 11.9. The molecular formula is C21H18N2O6. The molecule has 0 atom stereocenters. The number of furan rings is 1. The molecule has 0 fully saturated rings. The molecule has 0 bridgehead atoms. The van der Waals surface area contributed by atoms with Gasteiger partial charge in [-0.3, -0.25) is 9.79 Å². The minimum Gasteiger partial charge on any atom is -0.478 e. The van der Waals surface area contributed by atoms with E-state index >= 15 is 0 Å². The molecule has 0 aliphatic heterocycles. The maximum absolute atomic E-state index is 12.4. The lowest BCUT2D eigenvalue weighted by Crippen LogP contribution is -2.11. The molecule has 0 aliphatic rings. The van der Waals surface area contributed by atoms with E-state index in [0.29, 0.717) is 17.0 Å². The number of aromatic carboxylic acids is 1. The highest BCUT2D eigenvalue weighted by Crippen LogP contribution is 2.22. The molecule has 0 amide bonds. The molecule has 0 saturated heterocycles. The van der Waals surface area contributed by atoms with Crippen molar-refractivity contribution in [2.75, 3.05) is 6.54 Å². The van der Waals surface area contributed by atoms with Crippen LogP contribution in [0, 0.1) is 13.8 Å². The summed E-state index contributed by atoms with van der Waals surface area (Å²) >= 11 is 0. The number of Topliss-reactive ketones (excluding diaryl/α,β-unsaturated/α-hetero) is 1. The largest absolute Gasteiger partial charge is 0.478 e.